The fourth-order valence-electron chi connectivity index (χ4n) is 1.42. The Labute approximate surface area is 98.7 Å². The monoisotopic (exact) mass is 243 g/mol. The van der Waals surface area contributed by atoms with E-state index in [1.54, 1.807) is 7.05 Å². The minimum atomic E-state index is -0.918. The third kappa shape index (κ3) is 4.11. The lowest BCUT2D eigenvalue weighted by Crippen LogP contribution is -2.26. The number of carbonyl (C=O) groups is 1. The number of halogens is 2. The van der Waals surface area contributed by atoms with Gasteiger partial charge >= 0.3 is 0 Å². The topological polar surface area (TPSA) is 40.5 Å². The summed E-state index contributed by atoms with van der Waals surface area (Å²) in [5.74, 6) is -1.95. The van der Waals surface area contributed by atoms with E-state index >= 15 is 0 Å². The maximum absolute atomic E-state index is 12.9. The molecule has 0 saturated carbocycles. The summed E-state index contributed by atoms with van der Waals surface area (Å²) in [4.78, 5) is 12.9. The van der Waals surface area contributed by atoms with Crippen molar-refractivity contribution < 1.29 is 18.7 Å². The largest absolute Gasteiger partial charge is 0.396 e. The highest BCUT2D eigenvalue weighted by molar-refractivity contribution is 5.75. The Bertz CT molecular complexity index is 396. The third-order valence-corrected chi connectivity index (χ3v) is 2.38. The van der Waals surface area contributed by atoms with Crippen molar-refractivity contribution in [3.05, 3.63) is 35.4 Å². The standard InChI is InChI=1S/C12H15F2NO2/c1-15(12(17)3-2-6-16)8-9-4-5-10(13)11(14)7-9/h4-5,7,16H,2-3,6,8H2,1H3. The second kappa shape index (κ2) is 6.30. The van der Waals surface area contributed by atoms with Crippen LogP contribution in [0.4, 0.5) is 8.78 Å². The van der Waals surface area contributed by atoms with Gasteiger partial charge in [0.2, 0.25) is 5.91 Å². The lowest BCUT2D eigenvalue weighted by Gasteiger charge is -2.17. The van der Waals surface area contributed by atoms with Gasteiger partial charge in [-0.15, -0.1) is 0 Å². The van der Waals surface area contributed by atoms with E-state index < -0.39 is 11.6 Å². The van der Waals surface area contributed by atoms with E-state index in [9.17, 15) is 13.6 Å². The molecule has 1 aromatic rings. The minimum absolute atomic E-state index is 0.0369. The first-order valence-corrected chi connectivity index (χ1v) is 5.33. The van der Waals surface area contributed by atoms with Crippen molar-refractivity contribution in [2.45, 2.75) is 19.4 Å². The summed E-state index contributed by atoms with van der Waals surface area (Å²) in [6.45, 7) is 0.187. The number of nitrogens with zero attached hydrogens (tertiary/aromatic N) is 1. The molecule has 0 atom stereocenters. The van der Waals surface area contributed by atoms with Crippen LogP contribution < -0.4 is 0 Å². The number of aliphatic hydroxyl groups excluding tert-OH is 1. The maximum atomic E-state index is 12.9. The molecule has 0 aliphatic heterocycles. The molecule has 0 aliphatic carbocycles. The van der Waals surface area contributed by atoms with Gasteiger partial charge < -0.3 is 10.0 Å². The van der Waals surface area contributed by atoms with E-state index in [4.69, 9.17) is 5.11 Å². The van der Waals surface area contributed by atoms with Gasteiger partial charge in [0.05, 0.1) is 0 Å². The lowest BCUT2D eigenvalue weighted by atomic mass is 10.2. The van der Waals surface area contributed by atoms with Gasteiger partial charge in [0.15, 0.2) is 11.6 Å². The molecular formula is C12H15F2NO2. The molecule has 94 valence electrons. The molecule has 3 nitrogen and oxygen atoms in total. The summed E-state index contributed by atoms with van der Waals surface area (Å²) in [7, 11) is 1.58. The first kappa shape index (κ1) is 13.6. The molecule has 0 fully saturated rings. The van der Waals surface area contributed by atoms with Crippen molar-refractivity contribution in [2.75, 3.05) is 13.7 Å². The Hall–Kier alpha value is -1.49. The third-order valence-electron chi connectivity index (χ3n) is 2.38. The van der Waals surface area contributed by atoms with Crippen LogP contribution in [0.2, 0.25) is 0 Å². The predicted molar refractivity (Wildman–Crippen MR) is 59.2 cm³/mol. The van der Waals surface area contributed by atoms with Crippen molar-refractivity contribution in [3.63, 3.8) is 0 Å². The van der Waals surface area contributed by atoms with Crippen molar-refractivity contribution in [1.82, 2.24) is 4.90 Å². The zero-order chi connectivity index (χ0) is 12.8. The van der Waals surface area contributed by atoms with Crippen LogP contribution in [-0.2, 0) is 11.3 Å². The highest BCUT2D eigenvalue weighted by atomic mass is 19.2. The van der Waals surface area contributed by atoms with Crippen molar-refractivity contribution >= 4 is 5.91 Å². The molecule has 0 aliphatic rings. The van der Waals surface area contributed by atoms with Crippen LogP contribution in [0.25, 0.3) is 0 Å². The molecule has 0 heterocycles. The van der Waals surface area contributed by atoms with Gasteiger partial charge in [-0.3, -0.25) is 4.79 Å². The summed E-state index contributed by atoms with van der Waals surface area (Å²) >= 11 is 0. The molecule has 17 heavy (non-hydrogen) atoms. The predicted octanol–water partition coefficient (Wildman–Crippen LogP) is 1.70. The van der Waals surface area contributed by atoms with Crippen molar-refractivity contribution in [3.8, 4) is 0 Å². The van der Waals surface area contributed by atoms with Crippen LogP contribution in [-0.4, -0.2) is 29.6 Å². The summed E-state index contributed by atoms with van der Waals surface area (Å²) in [6.07, 6.45) is 0.650. The van der Waals surface area contributed by atoms with Gasteiger partial charge in [0.1, 0.15) is 0 Å². The van der Waals surface area contributed by atoms with Gasteiger partial charge in [-0.25, -0.2) is 8.78 Å². The van der Waals surface area contributed by atoms with Crippen molar-refractivity contribution in [1.29, 1.82) is 0 Å². The molecule has 0 aromatic heterocycles. The number of benzene rings is 1. The van der Waals surface area contributed by atoms with Crippen molar-refractivity contribution in [2.24, 2.45) is 0 Å². The van der Waals surface area contributed by atoms with Crippen LogP contribution in [0.15, 0.2) is 18.2 Å². The zero-order valence-corrected chi connectivity index (χ0v) is 9.62. The number of carbonyl (C=O) groups excluding carboxylic acids is 1. The molecule has 0 saturated heterocycles. The average molecular weight is 243 g/mol. The van der Waals surface area contributed by atoms with Gasteiger partial charge in [-0.05, 0) is 24.1 Å². The van der Waals surface area contributed by atoms with E-state index in [1.165, 1.54) is 11.0 Å². The minimum Gasteiger partial charge on any atom is -0.396 e. The Kier molecular flexibility index (Phi) is 5.03. The summed E-state index contributed by atoms with van der Waals surface area (Å²) in [6, 6.07) is 3.55. The zero-order valence-electron chi connectivity index (χ0n) is 9.62. The quantitative estimate of drug-likeness (QED) is 0.855. The Morgan fingerprint density at radius 3 is 2.65 bits per heavy atom. The smallest absolute Gasteiger partial charge is 0.222 e. The van der Waals surface area contributed by atoms with Crippen LogP contribution in [0, 0.1) is 11.6 Å². The fourth-order valence-corrected chi connectivity index (χ4v) is 1.42. The van der Waals surface area contributed by atoms with Crippen LogP contribution >= 0.6 is 0 Å². The lowest BCUT2D eigenvalue weighted by molar-refractivity contribution is -0.130. The van der Waals surface area contributed by atoms with E-state index in [-0.39, 0.29) is 25.5 Å². The van der Waals surface area contributed by atoms with Gasteiger partial charge in [0, 0.05) is 26.6 Å². The van der Waals surface area contributed by atoms with E-state index in [0.717, 1.165) is 12.1 Å². The molecule has 5 heteroatoms. The number of amides is 1. The van der Waals surface area contributed by atoms with Gasteiger partial charge in [0.25, 0.3) is 0 Å². The van der Waals surface area contributed by atoms with Gasteiger partial charge in [-0.1, -0.05) is 6.07 Å². The molecule has 1 rings (SSSR count). The number of hydrogen-bond acceptors (Lipinski definition) is 2. The van der Waals surface area contributed by atoms with E-state index in [0.29, 0.717) is 12.0 Å². The van der Waals surface area contributed by atoms with Crippen LogP contribution in [0.1, 0.15) is 18.4 Å². The molecule has 0 spiro atoms. The summed E-state index contributed by atoms with van der Waals surface area (Å²) in [5.41, 5.74) is 0.531. The van der Waals surface area contributed by atoms with Gasteiger partial charge in [-0.2, -0.15) is 0 Å². The highest BCUT2D eigenvalue weighted by Crippen LogP contribution is 2.11. The number of aliphatic hydroxyl groups is 1. The molecule has 1 amide bonds. The second-order valence-corrected chi connectivity index (χ2v) is 3.83. The molecule has 1 aromatic carbocycles. The van der Waals surface area contributed by atoms with E-state index in [1.807, 2.05) is 0 Å². The fraction of sp³-hybridized carbons (Fsp3) is 0.417. The number of rotatable bonds is 5. The normalized spacial score (nSPS) is 10.4. The Morgan fingerprint density at radius 2 is 2.06 bits per heavy atom. The maximum Gasteiger partial charge on any atom is 0.222 e. The first-order valence-electron chi connectivity index (χ1n) is 5.33. The Morgan fingerprint density at radius 1 is 1.35 bits per heavy atom. The molecule has 1 N–H and O–H groups in total. The molecular weight excluding hydrogens is 228 g/mol. The summed E-state index contributed by atoms with van der Waals surface area (Å²) in [5, 5.41) is 8.59. The van der Waals surface area contributed by atoms with Crippen LogP contribution in [0.5, 0.6) is 0 Å². The number of hydrogen-bond donors (Lipinski definition) is 1. The average Bonchev–Trinajstić information content (AvgIpc) is 2.30. The first-order chi connectivity index (χ1) is 8.04. The Balaban J connectivity index is 2.58. The second-order valence-electron chi connectivity index (χ2n) is 3.83. The van der Waals surface area contributed by atoms with E-state index in [2.05, 4.69) is 0 Å². The highest BCUT2D eigenvalue weighted by Gasteiger charge is 2.10. The molecule has 0 bridgehead atoms. The molecule has 0 unspecified atom stereocenters. The summed E-state index contributed by atoms with van der Waals surface area (Å²) < 4.78 is 25.6. The molecule has 0 radical (unpaired) electrons. The SMILES string of the molecule is CN(Cc1ccc(F)c(F)c1)C(=O)CCCO. The van der Waals surface area contributed by atoms with Crippen LogP contribution in [0.3, 0.4) is 0 Å².